The number of β-amino-alcohol motifs (C(OH)–C–C–N with tert-alkyl or cyclic N) is 1. The first kappa shape index (κ1) is 12.4. The van der Waals surface area contributed by atoms with Crippen molar-refractivity contribution in [3.05, 3.63) is 29.8 Å². The Morgan fingerprint density at radius 1 is 1.35 bits per heavy atom. The lowest BCUT2D eigenvalue weighted by molar-refractivity contribution is 0.0714. The average molecular weight is 235 g/mol. The number of hydrogen-bond donors (Lipinski definition) is 1. The predicted molar refractivity (Wildman–Crippen MR) is 68.4 cm³/mol. The van der Waals surface area contributed by atoms with E-state index in [1.807, 2.05) is 12.1 Å². The first-order valence-corrected chi connectivity index (χ1v) is 6.31. The molecule has 1 heterocycles. The van der Waals surface area contributed by atoms with Crippen LogP contribution in [0.5, 0.6) is 5.75 Å². The monoisotopic (exact) mass is 235 g/mol. The number of likely N-dealkylation sites (tertiary alicyclic amines) is 1. The molecule has 0 spiro atoms. The molecular formula is C14H21NO2. The van der Waals surface area contributed by atoms with E-state index in [1.54, 1.807) is 7.11 Å². The summed E-state index contributed by atoms with van der Waals surface area (Å²) in [5.41, 5.74) is 1.32. The molecule has 2 rings (SSSR count). The molecule has 0 unspecified atom stereocenters. The molecule has 1 aromatic carbocycles. The number of methoxy groups -OCH3 is 1. The maximum absolute atomic E-state index is 9.59. The Bertz CT molecular complexity index is 337. The van der Waals surface area contributed by atoms with Crippen LogP contribution in [0.3, 0.4) is 0 Å². The van der Waals surface area contributed by atoms with Gasteiger partial charge in [-0.2, -0.15) is 0 Å². The molecule has 0 aromatic heterocycles. The highest BCUT2D eigenvalue weighted by atomic mass is 16.5. The summed E-state index contributed by atoms with van der Waals surface area (Å²) in [6, 6.07) is 8.22. The van der Waals surface area contributed by atoms with Crippen molar-refractivity contribution in [1.82, 2.24) is 4.90 Å². The number of piperidine rings is 1. The molecule has 0 amide bonds. The summed E-state index contributed by atoms with van der Waals surface area (Å²) in [6.45, 7) is 2.98. The minimum atomic E-state index is -0.125. The van der Waals surface area contributed by atoms with Gasteiger partial charge in [-0.1, -0.05) is 12.1 Å². The van der Waals surface area contributed by atoms with E-state index in [9.17, 15) is 5.11 Å². The number of aliphatic hydroxyl groups excluding tert-OH is 1. The second-order valence-electron chi connectivity index (χ2n) is 4.69. The van der Waals surface area contributed by atoms with Crippen molar-refractivity contribution in [2.45, 2.75) is 25.4 Å². The number of ether oxygens (including phenoxy) is 1. The number of aliphatic hydroxyl groups is 1. The van der Waals surface area contributed by atoms with Crippen LogP contribution in [0.4, 0.5) is 0 Å². The van der Waals surface area contributed by atoms with Gasteiger partial charge in [-0.05, 0) is 43.5 Å². The maximum atomic E-state index is 9.59. The van der Waals surface area contributed by atoms with Crippen molar-refractivity contribution in [3.63, 3.8) is 0 Å². The standard InChI is InChI=1S/C14H21NO2/c1-17-14-6-4-12(5-7-14)8-10-15-9-2-3-13(16)11-15/h4-7,13,16H,2-3,8-11H2,1H3/t13-/m0/s1. The maximum Gasteiger partial charge on any atom is 0.118 e. The third-order valence-corrected chi connectivity index (χ3v) is 3.36. The van der Waals surface area contributed by atoms with Crippen LogP contribution in [0.2, 0.25) is 0 Å². The van der Waals surface area contributed by atoms with Gasteiger partial charge in [0.15, 0.2) is 0 Å². The van der Waals surface area contributed by atoms with Crippen molar-refractivity contribution >= 4 is 0 Å². The molecular weight excluding hydrogens is 214 g/mol. The smallest absolute Gasteiger partial charge is 0.118 e. The van der Waals surface area contributed by atoms with E-state index >= 15 is 0 Å². The van der Waals surface area contributed by atoms with Crippen LogP contribution in [0, 0.1) is 0 Å². The molecule has 1 atom stereocenters. The van der Waals surface area contributed by atoms with Crippen molar-refractivity contribution in [3.8, 4) is 5.75 Å². The van der Waals surface area contributed by atoms with Crippen LogP contribution >= 0.6 is 0 Å². The molecule has 0 bridgehead atoms. The van der Waals surface area contributed by atoms with Crippen LogP contribution in [0.1, 0.15) is 18.4 Å². The van der Waals surface area contributed by atoms with Gasteiger partial charge in [0.2, 0.25) is 0 Å². The Labute approximate surface area is 103 Å². The summed E-state index contributed by atoms with van der Waals surface area (Å²) in [5.74, 6) is 0.905. The molecule has 0 aliphatic carbocycles. The molecule has 17 heavy (non-hydrogen) atoms. The second-order valence-corrected chi connectivity index (χ2v) is 4.69. The van der Waals surface area contributed by atoms with Gasteiger partial charge in [0.05, 0.1) is 13.2 Å². The first-order chi connectivity index (χ1) is 8.28. The fourth-order valence-electron chi connectivity index (χ4n) is 2.31. The topological polar surface area (TPSA) is 32.7 Å². The lowest BCUT2D eigenvalue weighted by Gasteiger charge is -2.29. The van der Waals surface area contributed by atoms with E-state index in [2.05, 4.69) is 17.0 Å². The molecule has 1 N–H and O–H groups in total. The Hall–Kier alpha value is -1.06. The van der Waals surface area contributed by atoms with Gasteiger partial charge in [0.25, 0.3) is 0 Å². The predicted octanol–water partition coefficient (Wildman–Crippen LogP) is 1.69. The van der Waals surface area contributed by atoms with Crippen molar-refractivity contribution in [2.75, 3.05) is 26.7 Å². The zero-order valence-corrected chi connectivity index (χ0v) is 10.4. The fraction of sp³-hybridized carbons (Fsp3) is 0.571. The van der Waals surface area contributed by atoms with Crippen LogP contribution in [-0.4, -0.2) is 42.9 Å². The van der Waals surface area contributed by atoms with Gasteiger partial charge in [-0.25, -0.2) is 0 Å². The van der Waals surface area contributed by atoms with E-state index in [0.717, 1.165) is 44.6 Å². The van der Waals surface area contributed by atoms with E-state index in [0.29, 0.717) is 0 Å². The van der Waals surface area contributed by atoms with Crippen molar-refractivity contribution in [1.29, 1.82) is 0 Å². The number of benzene rings is 1. The minimum absolute atomic E-state index is 0.125. The molecule has 1 fully saturated rings. The lowest BCUT2D eigenvalue weighted by atomic mass is 10.1. The molecule has 0 saturated carbocycles. The number of nitrogens with zero attached hydrogens (tertiary/aromatic N) is 1. The summed E-state index contributed by atoms with van der Waals surface area (Å²) in [5, 5.41) is 9.59. The summed E-state index contributed by atoms with van der Waals surface area (Å²) >= 11 is 0. The summed E-state index contributed by atoms with van der Waals surface area (Å²) in [6.07, 6.45) is 2.99. The van der Waals surface area contributed by atoms with E-state index in [4.69, 9.17) is 4.74 Å². The van der Waals surface area contributed by atoms with Gasteiger partial charge in [0.1, 0.15) is 5.75 Å². The Morgan fingerprint density at radius 3 is 2.76 bits per heavy atom. The van der Waals surface area contributed by atoms with E-state index in [-0.39, 0.29) is 6.10 Å². The number of hydrogen-bond acceptors (Lipinski definition) is 3. The zero-order chi connectivity index (χ0) is 12.1. The Balaban J connectivity index is 1.80. The summed E-state index contributed by atoms with van der Waals surface area (Å²) in [7, 11) is 1.68. The van der Waals surface area contributed by atoms with Crippen LogP contribution in [0.25, 0.3) is 0 Å². The Kier molecular flexibility index (Phi) is 4.40. The largest absolute Gasteiger partial charge is 0.497 e. The van der Waals surface area contributed by atoms with Gasteiger partial charge < -0.3 is 14.7 Å². The van der Waals surface area contributed by atoms with Gasteiger partial charge in [-0.15, -0.1) is 0 Å². The van der Waals surface area contributed by atoms with Gasteiger partial charge >= 0.3 is 0 Å². The normalized spacial score (nSPS) is 21.4. The highest BCUT2D eigenvalue weighted by molar-refractivity contribution is 5.27. The molecule has 1 aliphatic rings. The van der Waals surface area contributed by atoms with Crippen LogP contribution in [-0.2, 0) is 6.42 Å². The van der Waals surface area contributed by atoms with Gasteiger partial charge in [-0.3, -0.25) is 0 Å². The minimum Gasteiger partial charge on any atom is -0.497 e. The molecule has 3 heteroatoms. The highest BCUT2D eigenvalue weighted by Crippen LogP contribution is 2.14. The first-order valence-electron chi connectivity index (χ1n) is 6.31. The van der Waals surface area contributed by atoms with Gasteiger partial charge in [0, 0.05) is 13.1 Å². The van der Waals surface area contributed by atoms with Crippen LogP contribution in [0.15, 0.2) is 24.3 Å². The van der Waals surface area contributed by atoms with Crippen molar-refractivity contribution < 1.29 is 9.84 Å². The molecule has 3 nitrogen and oxygen atoms in total. The number of rotatable bonds is 4. The summed E-state index contributed by atoms with van der Waals surface area (Å²) in [4.78, 5) is 2.35. The molecule has 1 saturated heterocycles. The Morgan fingerprint density at radius 2 is 2.12 bits per heavy atom. The molecule has 94 valence electrons. The lowest BCUT2D eigenvalue weighted by Crippen LogP contribution is -2.39. The quantitative estimate of drug-likeness (QED) is 0.862. The summed E-state index contributed by atoms with van der Waals surface area (Å²) < 4.78 is 5.13. The molecule has 0 radical (unpaired) electrons. The zero-order valence-electron chi connectivity index (χ0n) is 10.4. The fourth-order valence-corrected chi connectivity index (χ4v) is 2.31. The average Bonchev–Trinajstić information content (AvgIpc) is 2.37. The van der Waals surface area contributed by atoms with Crippen LogP contribution < -0.4 is 4.74 Å². The molecule has 1 aliphatic heterocycles. The second kappa shape index (κ2) is 6.03. The molecule has 1 aromatic rings. The third kappa shape index (κ3) is 3.72. The van der Waals surface area contributed by atoms with E-state index < -0.39 is 0 Å². The van der Waals surface area contributed by atoms with Crippen molar-refractivity contribution in [2.24, 2.45) is 0 Å². The highest BCUT2D eigenvalue weighted by Gasteiger charge is 2.16. The van der Waals surface area contributed by atoms with E-state index in [1.165, 1.54) is 5.56 Å². The SMILES string of the molecule is COc1ccc(CCN2CCC[C@H](O)C2)cc1. The third-order valence-electron chi connectivity index (χ3n) is 3.36.